The molecule has 0 fully saturated rings. The van der Waals surface area contributed by atoms with Crippen molar-refractivity contribution < 1.29 is 60.2 Å². The van der Waals surface area contributed by atoms with Gasteiger partial charge in [0.25, 0.3) is 0 Å². The van der Waals surface area contributed by atoms with Crippen molar-refractivity contribution in [3.63, 3.8) is 0 Å². The van der Waals surface area contributed by atoms with E-state index in [0.29, 0.717) is 0 Å². The van der Waals surface area contributed by atoms with Crippen LogP contribution in [0.1, 0.15) is 31.4 Å². The number of benzene rings is 1. The normalized spacial score (nSPS) is 12.0. The second-order valence-corrected chi connectivity index (χ2v) is 6.22. The molecule has 4 rings (SSSR count). The van der Waals surface area contributed by atoms with Gasteiger partial charge in [0, 0.05) is 12.4 Å². The van der Waals surface area contributed by atoms with Gasteiger partial charge in [0.2, 0.25) is 0 Å². The van der Waals surface area contributed by atoms with E-state index < -0.39 is 0 Å². The van der Waals surface area contributed by atoms with Crippen molar-refractivity contribution in [2.45, 2.75) is 34.1 Å². The molecule has 0 bridgehead atoms. The van der Waals surface area contributed by atoms with Crippen LogP contribution >= 0.6 is 0 Å². The van der Waals surface area contributed by atoms with Gasteiger partial charge in [-0.2, -0.15) is 6.08 Å². The molecule has 26 heavy (non-hydrogen) atoms. The topological polar surface area (TPSA) is 4.93 Å². The fourth-order valence-electron chi connectivity index (χ4n) is 2.88. The Kier molecular flexibility index (Phi) is 11.1. The van der Waals surface area contributed by atoms with E-state index in [1.54, 1.807) is 0 Å². The summed E-state index contributed by atoms with van der Waals surface area (Å²) < 4.78 is 2.15. The summed E-state index contributed by atoms with van der Waals surface area (Å²) in [6.07, 6.45) is 10.6. The molecule has 0 unspecified atom stereocenters. The van der Waals surface area contributed by atoms with E-state index >= 15 is 0 Å². The van der Waals surface area contributed by atoms with Crippen LogP contribution in [-0.4, -0.2) is 4.57 Å². The first kappa shape index (κ1) is 25.4. The van der Waals surface area contributed by atoms with Gasteiger partial charge >= 0.3 is 26.2 Å². The van der Waals surface area contributed by atoms with Crippen LogP contribution in [-0.2, 0) is 26.2 Å². The Labute approximate surface area is 197 Å². The molecule has 134 valence electrons. The van der Waals surface area contributed by atoms with Crippen LogP contribution in [0.5, 0.6) is 0 Å². The van der Waals surface area contributed by atoms with Gasteiger partial charge in [0.1, 0.15) is 0 Å². The number of aromatic nitrogens is 1. The summed E-state index contributed by atoms with van der Waals surface area (Å²) in [7, 11) is 0. The maximum absolute atomic E-state index is 3.19. The van der Waals surface area contributed by atoms with Crippen LogP contribution in [0.4, 0.5) is 0 Å². The summed E-state index contributed by atoms with van der Waals surface area (Å²) in [5.74, 6) is 0. The van der Waals surface area contributed by atoms with Gasteiger partial charge in [0.15, 0.2) is 0 Å². The Balaban J connectivity index is 0.000000542. The minimum Gasteiger partial charge on any atom is -1.00 e. The number of fused-ring (bicyclic) bond motifs is 1. The molecule has 3 aromatic rings. The van der Waals surface area contributed by atoms with E-state index in [1.807, 2.05) is 0 Å². The quantitative estimate of drug-likeness (QED) is 0.377. The molecule has 0 saturated carbocycles. The fraction of sp³-hybridized carbons (Fsp3) is 0.227. The molecule has 1 aliphatic rings. The van der Waals surface area contributed by atoms with Crippen molar-refractivity contribution in [3.05, 3.63) is 83.2 Å². The molecule has 0 amide bonds. The Morgan fingerprint density at radius 3 is 2.04 bits per heavy atom. The summed E-state index contributed by atoms with van der Waals surface area (Å²) in [6, 6.07) is 13.0. The van der Waals surface area contributed by atoms with Crippen molar-refractivity contribution >= 4 is 10.8 Å². The molecule has 0 saturated heterocycles. The third-order valence-corrected chi connectivity index (χ3v) is 4.58. The fourth-order valence-corrected chi connectivity index (χ4v) is 2.88. The van der Waals surface area contributed by atoms with Crippen molar-refractivity contribution in [2.75, 3.05) is 0 Å². The minimum absolute atomic E-state index is 0. The SMILES string of the molecule is CC1=[C-]CC=C1C.Cc1ccc(C)c2[cH-]c(-n3cccc3)cc12.[Br-].[Br-].[Zr+4]. The summed E-state index contributed by atoms with van der Waals surface area (Å²) in [6.45, 7) is 8.55. The molecule has 0 spiro atoms. The van der Waals surface area contributed by atoms with Gasteiger partial charge in [-0.25, -0.2) is 11.1 Å². The summed E-state index contributed by atoms with van der Waals surface area (Å²) >= 11 is 0. The largest absolute Gasteiger partial charge is 4.00 e. The molecule has 1 heterocycles. The standard InChI is InChI=1S/C15H14N.C7H9.2BrH.Zr/c1-11-5-6-12(2)15-10-13(9-14(11)15)16-7-3-4-8-16;1-6-4-3-5-7(6)2;;;/h3-10H,1-2H3;4H,3H2,1-2H3;2*1H;/q2*-1;;;+4/p-2. The number of allylic oxidation sites excluding steroid dienone is 4. The van der Waals surface area contributed by atoms with Crippen LogP contribution in [0, 0.1) is 19.9 Å². The summed E-state index contributed by atoms with van der Waals surface area (Å²) in [4.78, 5) is 0. The van der Waals surface area contributed by atoms with E-state index in [9.17, 15) is 0 Å². The van der Waals surface area contributed by atoms with Crippen LogP contribution in [0.15, 0.2) is 66.0 Å². The Morgan fingerprint density at radius 2 is 1.58 bits per heavy atom. The number of rotatable bonds is 1. The molecule has 0 atom stereocenters. The molecular weight excluding hydrogens is 529 g/mol. The average molecular weight is 552 g/mol. The second-order valence-electron chi connectivity index (χ2n) is 6.22. The number of nitrogens with zero attached hydrogens (tertiary/aromatic N) is 1. The van der Waals surface area contributed by atoms with Crippen molar-refractivity contribution in [2.24, 2.45) is 0 Å². The van der Waals surface area contributed by atoms with Crippen molar-refractivity contribution in [1.29, 1.82) is 0 Å². The number of hydrogen-bond acceptors (Lipinski definition) is 0. The molecule has 0 aliphatic heterocycles. The maximum Gasteiger partial charge on any atom is 4.00 e. The first-order valence-corrected chi connectivity index (χ1v) is 8.11. The molecule has 0 N–H and O–H groups in total. The number of halogens is 2. The minimum atomic E-state index is 0. The predicted octanol–water partition coefficient (Wildman–Crippen LogP) is 0.0576. The first-order valence-electron chi connectivity index (χ1n) is 8.11. The summed E-state index contributed by atoms with van der Waals surface area (Å²) in [5.41, 5.74) is 6.65. The van der Waals surface area contributed by atoms with Crippen LogP contribution < -0.4 is 34.0 Å². The van der Waals surface area contributed by atoms with Crippen molar-refractivity contribution in [3.8, 4) is 5.69 Å². The molecule has 1 nitrogen and oxygen atoms in total. The van der Waals surface area contributed by atoms with Gasteiger partial charge in [-0.05, 0) is 24.7 Å². The van der Waals surface area contributed by atoms with Crippen molar-refractivity contribution in [1.82, 2.24) is 4.57 Å². The predicted molar refractivity (Wildman–Crippen MR) is 99.1 cm³/mol. The van der Waals surface area contributed by atoms with Crippen LogP contribution in [0.3, 0.4) is 0 Å². The smallest absolute Gasteiger partial charge is 1.00 e. The Bertz CT molecular complexity index is 831. The molecule has 1 aromatic heterocycles. The zero-order valence-electron chi connectivity index (χ0n) is 15.6. The third kappa shape index (κ3) is 5.71. The third-order valence-electron chi connectivity index (χ3n) is 4.58. The molecule has 1 aliphatic carbocycles. The zero-order chi connectivity index (χ0) is 16.4. The van der Waals surface area contributed by atoms with Gasteiger partial charge in [0.05, 0.1) is 0 Å². The van der Waals surface area contributed by atoms with E-state index in [2.05, 4.69) is 93.2 Å². The molecule has 0 radical (unpaired) electrons. The Hall–Kier alpha value is -0.567. The van der Waals surface area contributed by atoms with E-state index in [-0.39, 0.29) is 60.2 Å². The van der Waals surface area contributed by atoms with Gasteiger partial charge in [-0.1, -0.05) is 25.5 Å². The summed E-state index contributed by atoms with van der Waals surface area (Å²) in [5, 5.41) is 2.73. The van der Waals surface area contributed by atoms with Gasteiger partial charge in [-0.15, -0.1) is 47.9 Å². The zero-order valence-corrected chi connectivity index (χ0v) is 21.2. The number of aryl methyl sites for hydroxylation is 2. The monoisotopic (exact) mass is 549 g/mol. The van der Waals surface area contributed by atoms with Gasteiger partial charge < -0.3 is 38.5 Å². The molecule has 4 heteroatoms. The molecular formula is C22H23Br2NZr. The van der Waals surface area contributed by atoms with E-state index in [0.717, 1.165) is 6.42 Å². The van der Waals surface area contributed by atoms with E-state index in [4.69, 9.17) is 0 Å². The molecule has 2 aromatic carbocycles. The van der Waals surface area contributed by atoms with Crippen LogP contribution in [0.2, 0.25) is 0 Å². The Morgan fingerprint density at radius 1 is 0.962 bits per heavy atom. The van der Waals surface area contributed by atoms with Crippen LogP contribution in [0.25, 0.3) is 16.5 Å². The maximum atomic E-state index is 3.19. The second kappa shape index (κ2) is 11.3. The van der Waals surface area contributed by atoms with E-state index in [1.165, 1.54) is 38.7 Å². The van der Waals surface area contributed by atoms with Gasteiger partial charge in [-0.3, -0.25) is 6.08 Å². The number of hydrogen-bond donors (Lipinski definition) is 0. The average Bonchev–Trinajstić information content (AvgIpc) is 3.25. The first-order chi connectivity index (χ1) is 11.1.